The van der Waals surface area contributed by atoms with Crippen LogP contribution in [0.1, 0.15) is 43.2 Å². The van der Waals surface area contributed by atoms with Crippen LogP contribution in [0.5, 0.6) is 5.75 Å². The van der Waals surface area contributed by atoms with E-state index in [1.165, 1.54) is 9.77 Å². The molecule has 188 valence electrons. The van der Waals surface area contributed by atoms with Crippen LogP contribution in [0.3, 0.4) is 0 Å². The van der Waals surface area contributed by atoms with E-state index in [4.69, 9.17) is 10.5 Å². The second-order valence-corrected chi connectivity index (χ2v) is 11.7. The van der Waals surface area contributed by atoms with E-state index < -0.39 is 5.97 Å². The number of carboxylic acid groups (broad SMARTS) is 1. The fourth-order valence-corrected chi connectivity index (χ4v) is 7.08. The Morgan fingerprint density at radius 3 is 2.83 bits per heavy atom. The van der Waals surface area contributed by atoms with Gasteiger partial charge in [-0.1, -0.05) is 6.07 Å². The number of aryl methyl sites for hydroxylation is 1. The molecule has 0 amide bonds. The van der Waals surface area contributed by atoms with E-state index in [9.17, 15) is 9.90 Å². The molecule has 35 heavy (non-hydrogen) atoms. The SMILES string of the molecule is COc1ccc2ncc(CN)c(CCCC3(CC(=O)O)CCN(CCSc4cccs4)CC3)c2c1. The molecule has 8 heteroatoms. The van der Waals surface area contributed by atoms with Gasteiger partial charge in [0.1, 0.15) is 5.75 Å². The number of hydrogen-bond acceptors (Lipinski definition) is 7. The minimum atomic E-state index is -0.687. The zero-order valence-electron chi connectivity index (χ0n) is 20.4. The summed E-state index contributed by atoms with van der Waals surface area (Å²) in [4.78, 5) is 18.8. The third kappa shape index (κ3) is 6.76. The van der Waals surface area contributed by atoms with Crippen molar-refractivity contribution in [3.8, 4) is 5.75 Å². The lowest BCUT2D eigenvalue weighted by Gasteiger charge is -2.41. The van der Waals surface area contributed by atoms with Crippen LogP contribution >= 0.6 is 23.1 Å². The average Bonchev–Trinajstić information content (AvgIpc) is 3.38. The summed E-state index contributed by atoms with van der Waals surface area (Å²) in [6, 6.07) is 10.2. The zero-order valence-corrected chi connectivity index (χ0v) is 22.0. The Hall–Kier alpha value is -2.13. The van der Waals surface area contributed by atoms with Gasteiger partial charge in [-0.3, -0.25) is 9.78 Å². The minimum absolute atomic E-state index is 0.132. The molecule has 1 aromatic carbocycles. The second-order valence-electron chi connectivity index (χ2n) is 9.40. The highest BCUT2D eigenvalue weighted by Crippen LogP contribution is 2.40. The van der Waals surface area contributed by atoms with Gasteiger partial charge in [0.2, 0.25) is 0 Å². The van der Waals surface area contributed by atoms with Crippen molar-refractivity contribution in [1.82, 2.24) is 9.88 Å². The summed E-state index contributed by atoms with van der Waals surface area (Å²) in [6.45, 7) is 3.44. The number of carbonyl (C=O) groups is 1. The molecule has 3 heterocycles. The number of aromatic nitrogens is 1. The summed E-state index contributed by atoms with van der Waals surface area (Å²) in [5, 5.41) is 12.9. The van der Waals surface area contributed by atoms with Crippen molar-refractivity contribution < 1.29 is 14.6 Å². The lowest BCUT2D eigenvalue weighted by atomic mass is 9.72. The maximum Gasteiger partial charge on any atom is 0.303 e. The van der Waals surface area contributed by atoms with E-state index in [1.807, 2.05) is 36.2 Å². The molecule has 2 aromatic heterocycles. The molecule has 0 spiro atoms. The van der Waals surface area contributed by atoms with E-state index >= 15 is 0 Å². The third-order valence-electron chi connectivity index (χ3n) is 7.22. The number of hydrogen-bond donors (Lipinski definition) is 2. The number of thiophene rings is 1. The average molecular weight is 514 g/mol. The number of thioether (sulfide) groups is 1. The monoisotopic (exact) mass is 513 g/mol. The third-order valence-corrected chi connectivity index (χ3v) is 9.33. The van der Waals surface area contributed by atoms with Crippen molar-refractivity contribution in [2.45, 2.75) is 49.3 Å². The molecule has 1 aliphatic rings. The molecule has 0 atom stereocenters. The highest BCUT2D eigenvalue weighted by atomic mass is 32.2. The summed E-state index contributed by atoms with van der Waals surface area (Å²) in [6.07, 6.45) is 6.72. The molecular weight excluding hydrogens is 478 g/mol. The van der Waals surface area contributed by atoms with Crippen molar-refractivity contribution in [2.75, 3.05) is 32.5 Å². The number of rotatable bonds is 12. The Morgan fingerprint density at radius 1 is 1.31 bits per heavy atom. The highest BCUT2D eigenvalue weighted by Gasteiger charge is 2.36. The molecule has 0 unspecified atom stereocenters. The first-order valence-electron chi connectivity index (χ1n) is 12.3. The number of pyridine rings is 1. The van der Waals surface area contributed by atoms with Crippen molar-refractivity contribution in [1.29, 1.82) is 0 Å². The predicted molar refractivity (Wildman–Crippen MR) is 145 cm³/mol. The Kier molecular flexibility index (Phi) is 9.05. The fourth-order valence-electron chi connectivity index (χ4n) is 5.21. The fraction of sp³-hybridized carbons (Fsp3) is 0.481. The van der Waals surface area contributed by atoms with Gasteiger partial charge >= 0.3 is 5.97 Å². The minimum Gasteiger partial charge on any atom is -0.497 e. The molecule has 1 fully saturated rings. The molecule has 0 saturated carbocycles. The van der Waals surface area contributed by atoms with Crippen LogP contribution in [0.15, 0.2) is 46.1 Å². The van der Waals surface area contributed by atoms with Gasteiger partial charge in [0, 0.05) is 30.4 Å². The lowest BCUT2D eigenvalue weighted by Crippen LogP contribution is -2.42. The van der Waals surface area contributed by atoms with Crippen LogP contribution in [-0.4, -0.2) is 53.5 Å². The summed E-state index contributed by atoms with van der Waals surface area (Å²) >= 11 is 3.70. The topological polar surface area (TPSA) is 88.7 Å². The number of nitrogens with zero attached hydrogens (tertiary/aromatic N) is 2. The number of fused-ring (bicyclic) bond motifs is 1. The molecule has 6 nitrogen and oxygen atoms in total. The van der Waals surface area contributed by atoms with Gasteiger partial charge in [-0.05, 0) is 91.4 Å². The Morgan fingerprint density at radius 2 is 2.14 bits per heavy atom. The first-order valence-corrected chi connectivity index (χ1v) is 14.1. The smallest absolute Gasteiger partial charge is 0.303 e. The van der Waals surface area contributed by atoms with Crippen LogP contribution in [0.4, 0.5) is 0 Å². The molecule has 3 N–H and O–H groups in total. The summed E-state index contributed by atoms with van der Waals surface area (Å²) in [5.41, 5.74) is 9.12. The molecule has 1 saturated heterocycles. The Balaban J connectivity index is 1.38. The zero-order chi connectivity index (χ0) is 24.7. The molecular formula is C27H35N3O3S2. The molecule has 0 radical (unpaired) electrons. The van der Waals surface area contributed by atoms with E-state index in [1.54, 1.807) is 18.4 Å². The normalized spacial score (nSPS) is 15.9. The molecule has 1 aliphatic heterocycles. The predicted octanol–water partition coefficient (Wildman–Crippen LogP) is 5.44. The lowest BCUT2D eigenvalue weighted by molar-refractivity contribution is -0.140. The van der Waals surface area contributed by atoms with Crippen LogP contribution in [0, 0.1) is 5.41 Å². The number of likely N-dealkylation sites (tertiary alicyclic amines) is 1. The van der Waals surface area contributed by atoms with Crippen molar-refractivity contribution in [3.05, 3.63) is 53.0 Å². The van der Waals surface area contributed by atoms with Crippen LogP contribution < -0.4 is 10.5 Å². The van der Waals surface area contributed by atoms with E-state index in [2.05, 4.69) is 27.4 Å². The Labute approximate surface area is 215 Å². The maximum absolute atomic E-state index is 11.8. The van der Waals surface area contributed by atoms with Crippen molar-refractivity contribution >= 4 is 40.0 Å². The molecule has 0 aliphatic carbocycles. The maximum atomic E-state index is 11.8. The summed E-state index contributed by atoms with van der Waals surface area (Å²) < 4.78 is 6.80. The van der Waals surface area contributed by atoms with Gasteiger partial charge in [0.15, 0.2) is 0 Å². The van der Waals surface area contributed by atoms with Gasteiger partial charge in [-0.2, -0.15) is 0 Å². The van der Waals surface area contributed by atoms with Crippen molar-refractivity contribution in [2.24, 2.45) is 11.1 Å². The molecule has 3 aromatic rings. The number of nitrogens with two attached hydrogens (primary N) is 1. The highest BCUT2D eigenvalue weighted by molar-refractivity contribution is 8.01. The molecule has 4 rings (SSSR count). The number of piperidine rings is 1. The summed E-state index contributed by atoms with van der Waals surface area (Å²) in [7, 11) is 1.67. The first-order chi connectivity index (χ1) is 17.0. The standard InChI is InChI=1S/C27H35N3O3S2/c1-33-21-6-7-24-23(16-21)22(20(18-28)19-29-24)4-2-8-27(17-25(31)32)9-11-30(12-10-27)13-15-35-26-5-3-14-34-26/h3,5-7,14,16,19H,2,4,8-13,15,17-18,28H2,1H3,(H,31,32). The van der Waals surface area contributed by atoms with Crippen LogP contribution in [0.2, 0.25) is 0 Å². The van der Waals surface area contributed by atoms with Crippen molar-refractivity contribution in [3.63, 3.8) is 0 Å². The van der Waals surface area contributed by atoms with Crippen LogP contribution in [0.25, 0.3) is 10.9 Å². The van der Waals surface area contributed by atoms with Crippen LogP contribution in [-0.2, 0) is 17.8 Å². The van der Waals surface area contributed by atoms with Gasteiger partial charge in [0.05, 0.1) is 23.3 Å². The Bertz CT molecular complexity index is 1110. The number of carboxylic acids is 1. The number of benzene rings is 1. The van der Waals surface area contributed by atoms with Gasteiger partial charge in [-0.25, -0.2) is 0 Å². The van der Waals surface area contributed by atoms with Gasteiger partial charge < -0.3 is 20.5 Å². The second kappa shape index (κ2) is 12.2. The quantitative estimate of drug-likeness (QED) is 0.312. The van der Waals surface area contributed by atoms with Gasteiger partial charge in [0.25, 0.3) is 0 Å². The van der Waals surface area contributed by atoms with Gasteiger partial charge in [-0.15, -0.1) is 23.1 Å². The first kappa shape index (κ1) is 25.9. The molecule has 0 bridgehead atoms. The summed E-state index contributed by atoms with van der Waals surface area (Å²) in [5.74, 6) is 1.20. The van der Waals surface area contributed by atoms with E-state index in [0.717, 1.165) is 79.7 Å². The van der Waals surface area contributed by atoms with E-state index in [-0.39, 0.29) is 11.8 Å². The number of aliphatic carboxylic acids is 1. The van der Waals surface area contributed by atoms with E-state index in [0.29, 0.717) is 6.54 Å². The number of ether oxygens (including phenoxy) is 1. The largest absolute Gasteiger partial charge is 0.497 e. The number of methoxy groups -OCH3 is 1.